The van der Waals surface area contributed by atoms with E-state index < -0.39 is 11.5 Å². The van der Waals surface area contributed by atoms with Gasteiger partial charge in [-0.15, -0.1) is 0 Å². The van der Waals surface area contributed by atoms with E-state index in [9.17, 15) is 19.5 Å². The maximum Gasteiger partial charge on any atom is 0.352 e. The average molecular weight is 590 g/mol. The van der Waals surface area contributed by atoms with E-state index in [0.717, 1.165) is 41.4 Å². The second-order valence-corrected chi connectivity index (χ2v) is 12.2. The van der Waals surface area contributed by atoms with Crippen LogP contribution in [-0.4, -0.2) is 42.8 Å². The molecule has 0 aliphatic heterocycles. The zero-order chi connectivity index (χ0) is 30.4. The molecular weight excluding hydrogens is 554 g/mol. The minimum absolute atomic E-state index is 0.169. The fraction of sp³-hybridized carbons (Fsp3) is 0.314. The van der Waals surface area contributed by atoms with Crippen LogP contribution in [0.15, 0.2) is 72.8 Å². The topological polar surface area (TPSA) is 118 Å². The molecule has 2 saturated carbocycles. The van der Waals surface area contributed by atoms with Crippen LogP contribution in [0, 0.1) is 0 Å². The molecule has 0 spiro atoms. The number of amides is 2. The molecule has 2 heterocycles. The summed E-state index contributed by atoms with van der Waals surface area (Å²) in [5.74, 6) is -1.18. The fourth-order valence-corrected chi connectivity index (χ4v) is 6.89. The van der Waals surface area contributed by atoms with Gasteiger partial charge >= 0.3 is 5.97 Å². The number of aromatic nitrogens is 3. The second kappa shape index (κ2) is 11.0. The van der Waals surface area contributed by atoms with E-state index in [1.165, 1.54) is 25.0 Å². The van der Waals surface area contributed by atoms with Gasteiger partial charge in [0.25, 0.3) is 5.91 Å². The SMILES string of the molecule is Cn1c(C(=O)O)cc2cc(NC(=O)C3(NC(=O)c4ccc5c(C6CCCCC6)n(-c6ccccc6)nc5c4)CCC3)ccc21. The van der Waals surface area contributed by atoms with Gasteiger partial charge in [-0.2, -0.15) is 5.10 Å². The first-order valence-electron chi connectivity index (χ1n) is 15.4. The maximum atomic E-state index is 13.6. The van der Waals surface area contributed by atoms with E-state index in [1.807, 2.05) is 41.1 Å². The first kappa shape index (κ1) is 27.9. The molecule has 0 saturated heterocycles. The Morgan fingerprint density at radius 1 is 0.909 bits per heavy atom. The number of rotatable bonds is 7. The van der Waals surface area contributed by atoms with Crippen LogP contribution in [0.5, 0.6) is 0 Å². The molecule has 2 aromatic heterocycles. The smallest absolute Gasteiger partial charge is 0.352 e. The van der Waals surface area contributed by atoms with Crippen molar-refractivity contribution in [2.75, 3.05) is 5.32 Å². The molecular formula is C35H35N5O4. The summed E-state index contributed by atoms with van der Waals surface area (Å²) in [5.41, 5.74) is 3.91. The van der Waals surface area contributed by atoms with Gasteiger partial charge in [-0.3, -0.25) is 9.59 Å². The first-order chi connectivity index (χ1) is 21.3. The zero-order valence-electron chi connectivity index (χ0n) is 24.7. The van der Waals surface area contributed by atoms with Crippen molar-refractivity contribution >= 4 is 45.3 Å². The number of benzene rings is 3. The van der Waals surface area contributed by atoms with Crippen LogP contribution in [-0.2, 0) is 11.8 Å². The van der Waals surface area contributed by atoms with E-state index in [1.54, 1.807) is 35.9 Å². The van der Waals surface area contributed by atoms with Gasteiger partial charge in [-0.1, -0.05) is 43.5 Å². The third-order valence-corrected chi connectivity index (χ3v) is 9.48. The predicted octanol–water partition coefficient (Wildman–Crippen LogP) is 6.55. The number of carboxylic acid groups (broad SMARTS) is 1. The van der Waals surface area contributed by atoms with Crippen molar-refractivity contribution in [3.63, 3.8) is 0 Å². The monoisotopic (exact) mass is 589 g/mol. The summed E-state index contributed by atoms with van der Waals surface area (Å²) >= 11 is 0. The van der Waals surface area contributed by atoms with Gasteiger partial charge in [0.15, 0.2) is 0 Å². The molecule has 9 nitrogen and oxygen atoms in total. The number of fused-ring (bicyclic) bond motifs is 2. The predicted molar refractivity (Wildman–Crippen MR) is 169 cm³/mol. The minimum Gasteiger partial charge on any atom is -0.477 e. The van der Waals surface area contributed by atoms with Crippen LogP contribution < -0.4 is 10.6 Å². The number of anilines is 1. The Hall–Kier alpha value is -4.92. The Bertz CT molecular complexity index is 1910. The van der Waals surface area contributed by atoms with Gasteiger partial charge in [-0.25, -0.2) is 9.48 Å². The summed E-state index contributed by atoms with van der Waals surface area (Å²) in [7, 11) is 1.70. The van der Waals surface area contributed by atoms with Crippen LogP contribution in [0.25, 0.3) is 27.5 Å². The Balaban J connectivity index is 1.14. The number of aromatic carboxylic acids is 1. The standard InChI is InChI=1S/C35H35N5O4/c1-39-29-16-14-25(19-24(29)21-30(39)33(42)43)36-34(44)35(17-8-18-35)37-32(41)23-13-15-27-28(20-23)38-40(26-11-6-3-7-12-26)31(27)22-9-4-2-5-10-22/h3,6-7,11-16,19-22H,2,4-5,8-10,17-18H2,1H3,(H,36,44)(H,37,41)(H,42,43). The van der Waals surface area contributed by atoms with Gasteiger partial charge in [-0.05, 0) is 80.6 Å². The Morgan fingerprint density at radius 2 is 1.68 bits per heavy atom. The highest BCUT2D eigenvalue weighted by Crippen LogP contribution is 2.38. The molecule has 0 atom stereocenters. The average Bonchev–Trinajstić information content (AvgIpc) is 3.57. The van der Waals surface area contributed by atoms with Gasteiger partial charge in [0.2, 0.25) is 5.91 Å². The molecule has 2 fully saturated rings. The van der Waals surface area contributed by atoms with Crippen LogP contribution in [0.2, 0.25) is 0 Å². The lowest BCUT2D eigenvalue weighted by molar-refractivity contribution is -0.125. The van der Waals surface area contributed by atoms with Crippen molar-refractivity contribution in [1.29, 1.82) is 0 Å². The minimum atomic E-state index is -1.01. The molecule has 3 N–H and O–H groups in total. The number of para-hydroxylation sites is 1. The lowest BCUT2D eigenvalue weighted by atomic mass is 9.75. The van der Waals surface area contributed by atoms with E-state index in [0.29, 0.717) is 35.4 Å². The molecule has 7 rings (SSSR count). The molecule has 0 radical (unpaired) electrons. The number of aryl methyl sites for hydroxylation is 1. The Morgan fingerprint density at radius 3 is 2.39 bits per heavy atom. The third kappa shape index (κ3) is 4.82. The van der Waals surface area contributed by atoms with Gasteiger partial charge in [0.1, 0.15) is 11.2 Å². The van der Waals surface area contributed by atoms with Crippen LogP contribution >= 0.6 is 0 Å². The molecule has 0 bridgehead atoms. The molecule has 2 aliphatic rings. The van der Waals surface area contributed by atoms with E-state index in [2.05, 4.69) is 22.8 Å². The molecule has 0 unspecified atom stereocenters. The van der Waals surface area contributed by atoms with Crippen molar-refractivity contribution in [3.8, 4) is 5.69 Å². The lowest BCUT2D eigenvalue weighted by Crippen LogP contribution is -2.61. The fourth-order valence-electron chi connectivity index (χ4n) is 6.89. The number of hydrogen-bond acceptors (Lipinski definition) is 4. The first-order valence-corrected chi connectivity index (χ1v) is 15.4. The molecule has 2 aliphatic carbocycles. The van der Waals surface area contributed by atoms with Crippen molar-refractivity contribution < 1.29 is 19.5 Å². The summed E-state index contributed by atoms with van der Waals surface area (Å²) in [6, 6.07) is 22.7. The Kier molecular flexibility index (Phi) is 6.95. The summed E-state index contributed by atoms with van der Waals surface area (Å²) in [6.07, 6.45) is 7.85. The number of carboxylic acids is 1. The van der Waals surface area contributed by atoms with Crippen molar-refractivity contribution in [2.45, 2.75) is 62.8 Å². The number of carbonyl (C=O) groups is 3. The van der Waals surface area contributed by atoms with Crippen LogP contribution in [0.1, 0.15) is 83.8 Å². The summed E-state index contributed by atoms with van der Waals surface area (Å²) < 4.78 is 3.65. The molecule has 44 heavy (non-hydrogen) atoms. The second-order valence-electron chi connectivity index (χ2n) is 12.2. The molecule has 224 valence electrons. The highest BCUT2D eigenvalue weighted by molar-refractivity contribution is 6.06. The molecule has 5 aromatic rings. The van der Waals surface area contributed by atoms with Crippen LogP contribution in [0.3, 0.4) is 0 Å². The van der Waals surface area contributed by atoms with Crippen molar-refractivity contribution in [2.24, 2.45) is 7.05 Å². The highest BCUT2D eigenvalue weighted by Gasteiger charge is 2.45. The lowest BCUT2D eigenvalue weighted by Gasteiger charge is -2.40. The number of nitrogens with zero attached hydrogens (tertiary/aromatic N) is 3. The zero-order valence-corrected chi connectivity index (χ0v) is 24.7. The summed E-state index contributed by atoms with van der Waals surface area (Å²) in [6.45, 7) is 0. The maximum absolute atomic E-state index is 13.6. The van der Waals surface area contributed by atoms with Crippen LogP contribution in [0.4, 0.5) is 5.69 Å². The summed E-state index contributed by atoms with van der Waals surface area (Å²) in [4.78, 5) is 38.7. The van der Waals surface area contributed by atoms with Crippen molar-refractivity contribution in [3.05, 3.63) is 89.7 Å². The highest BCUT2D eigenvalue weighted by atomic mass is 16.4. The van der Waals surface area contributed by atoms with E-state index in [4.69, 9.17) is 5.10 Å². The number of carbonyl (C=O) groups excluding carboxylic acids is 2. The molecule has 9 heteroatoms. The third-order valence-electron chi connectivity index (χ3n) is 9.48. The molecule has 3 aromatic carbocycles. The van der Waals surface area contributed by atoms with Gasteiger partial charge in [0, 0.05) is 40.5 Å². The number of nitrogens with one attached hydrogen (secondary N) is 2. The Labute approximate surface area is 254 Å². The van der Waals surface area contributed by atoms with E-state index >= 15 is 0 Å². The quantitative estimate of drug-likeness (QED) is 0.199. The van der Waals surface area contributed by atoms with Crippen molar-refractivity contribution in [1.82, 2.24) is 19.7 Å². The van der Waals surface area contributed by atoms with Gasteiger partial charge < -0.3 is 20.3 Å². The summed E-state index contributed by atoms with van der Waals surface area (Å²) in [5, 5.41) is 22.2. The number of hydrogen-bond donors (Lipinski definition) is 3. The largest absolute Gasteiger partial charge is 0.477 e. The van der Waals surface area contributed by atoms with Gasteiger partial charge in [0.05, 0.1) is 16.9 Å². The normalized spacial score (nSPS) is 16.5. The van der Waals surface area contributed by atoms with E-state index in [-0.39, 0.29) is 17.5 Å². The molecule has 2 amide bonds.